The Morgan fingerprint density at radius 1 is 1.60 bits per heavy atom. The minimum atomic E-state index is -0.621. The molecule has 0 bridgehead atoms. The van der Waals surface area contributed by atoms with Gasteiger partial charge in [0.05, 0.1) is 9.95 Å². The highest BCUT2D eigenvalue weighted by atomic mass is 35.5. The molecule has 0 radical (unpaired) electrons. The number of hydrazine groups is 1. The average molecular weight is 299 g/mol. The molecular formula is C12H15ClN4O3. The van der Waals surface area contributed by atoms with Gasteiger partial charge in [-0.15, -0.1) is 0 Å². The Morgan fingerprint density at radius 2 is 2.30 bits per heavy atom. The van der Waals surface area contributed by atoms with E-state index in [1.807, 2.05) is 0 Å². The van der Waals surface area contributed by atoms with Crippen LogP contribution in [0.5, 0.6) is 0 Å². The molecule has 1 aromatic rings. The molecule has 0 aromatic heterocycles. The molecule has 1 saturated heterocycles. The van der Waals surface area contributed by atoms with Gasteiger partial charge in [0, 0.05) is 24.7 Å². The fourth-order valence-corrected chi connectivity index (χ4v) is 2.57. The number of benzene rings is 1. The summed E-state index contributed by atoms with van der Waals surface area (Å²) in [6.45, 7) is 3.37. The Morgan fingerprint density at radius 3 is 2.80 bits per heavy atom. The number of nitrogen functional groups attached to an aromatic ring is 1. The molecule has 1 aliphatic rings. The van der Waals surface area contributed by atoms with E-state index < -0.39 is 4.92 Å². The van der Waals surface area contributed by atoms with Gasteiger partial charge in [-0.05, 0) is 18.4 Å². The smallest absolute Gasteiger partial charge is 0.295 e. The summed E-state index contributed by atoms with van der Waals surface area (Å²) in [5.74, 6) is 5.41. The van der Waals surface area contributed by atoms with Crippen LogP contribution in [0, 0.1) is 16.0 Å². The number of anilines is 1. The van der Waals surface area contributed by atoms with Crippen LogP contribution in [0.4, 0.5) is 11.4 Å². The van der Waals surface area contributed by atoms with E-state index in [-0.39, 0.29) is 27.9 Å². The third-order valence-electron chi connectivity index (χ3n) is 3.37. The Hall–Kier alpha value is -1.86. The third kappa shape index (κ3) is 2.68. The van der Waals surface area contributed by atoms with E-state index in [0.29, 0.717) is 19.0 Å². The van der Waals surface area contributed by atoms with E-state index in [0.717, 1.165) is 6.42 Å². The molecule has 1 amide bonds. The summed E-state index contributed by atoms with van der Waals surface area (Å²) in [6, 6.07) is 2.60. The number of halogens is 1. The first kappa shape index (κ1) is 14.5. The van der Waals surface area contributed by atoms with Crippen molar-refractivity contribution in [2.75, 3.05) is 18.5 Å². The molecule has 20 heavy (non-hydrogen) atoms. The molecular weight excluding hydrogens is 284 g/mol. The van der Waals surface area contributed by atoms with Crippen LogP contribution in [0.2, 0.25) is 5.02 Å². The maximum Gasteiger partial charge on any atom is 0.295 e. The lowest BCUT2D eigenvalue weighted by atomic mass is 10.1. The van der Waals surface area contributed by atoms with Gasteiger partial charge in [0.25, 0.3) is 11.6 Å². The molecule has 0 spiro atoms. The van der Waals surface area contributed by atoms with E-state index >= 15 is 0 Å². The number of rotatable bonds is 3. The lowest BCUT2D eigenvalue weighted by Gasteiger charge is -2.16. The molecule has 8 heteroatoms. The summed E-state index contributed by atoms with van der Waals surface area (Å²) in [7, 11) is 0. The monoisotopic (exact) mass is 298 g/mol. The highest BCUT2D eigenvalue weighted by Crippen LogP contribution is 2.33. The van der Waals surface area contributed by atoms with Crippen molar-refractivity contribution < 1.29 is 9.72 Å². The second-order valence-electron chi connectivity index (χ2n) is 4.90. The number of nitrogens with two attached hydrogens (primary N) is 1. The predicted molar refractivity (Wildman–Crippen MR) is 75.6 cm³/mol. The average Bonchev–Trinajstić information content (AvgIpc) is 2.83. The molecule has 1 atom stereocenters. The van der Waals surface area contributed by atoms with Crippen LogP contribution in [0.25, 0.3) is 0 Å². The summed E-state index contributed by atoms with van der Waals surface area (Å²) in [5, 5.41) is 11.1. The summed E-state index contributed by atoms with van der Waals surface area (Å²) in [4.78, 5) is 24.4. The number of hydrogen-bond donors (Lipinski definition) is 2. The molecule has 108 valence electrons. The van der Waals surface area contributed by atoms with Crippen LogP contribution in [0.15, 0.2) is 12.1 Å². The number of hydrogen-bond acceptors (Lipinski definition) is 5. The lowest BCUT2D eigenvalue weighted by Crippen LogP contribution is -2.28. The van der Waals surface area contributed by atoms with Crippen molar-refractivity contribution in [2.45, 2.75) is 13.3 Å². The van der Waals surface area contributed by atoms with Crippen molar-refractivity contribution in [3.05, 3.63) is 32.8 Å². The normalized spacial score (nSPS) is 18.1. The molecule has 1 heterocycles. The van der Waals surface area contributed by atoms with Gasteiger partial charge in [-0.2, -0.15) is 0 Å². The van der Waals surface area contributed by atoms with Gasteiger partial charge in [-0.1, -0.05) is 18.5 Å². The maximum absolute atomic E-state index is 12.3. The molecule has 2 rings (SSSR count). The minimum Gasteiger partial charge on any atom is -0.338 e. The first-order valence-electron chi connectivity index (χ1n) is 6.18. The molecule has 1 fully saturated rings. The van der Waals surface area contributed by atoms with Crippen molar-refractivity contribution in [3.8, 4) is 0 Å². The van der Waals surface area contributed by atoms with Gasteiger partial charge < -0.3 is 10.3 Å². The molecule has 3 N–H and O–H groups in total. The first-order valence-corrected chi connectivity index (χ1v) is 6.55. The summed E-state index contributed by atoms with van der Waals surface area (Å²) >= 11 is 5.94. The molecule has 0 saturated carbocycles. The minimum absolute atomic E-state index is 0.00278. The quantitative estimate of drug-likeness (QED) is 0.505. The van der Waals surface area contributed by atoms with Crippen molar-refractivity contribution in [3.63, 3.8) is 0 Å². The van der Waals surface area contributed by atoms with E-state index in [2.05, 4.69) is 12.3 Å². The molecule has 1 aliphatic heterocycles. The van der Waals surface area contributed by atoms with Crippen LogP contribution in [0.3, 0.4) is 0 Å². The summed E-state index contributed by atoms with van der Waals surface area (Å²) < 4.78 is 0. The number of carbonyl (C=O) groups excluding carboxylic acids is 1. The fraction of sp³-hybridized carbons (Fsp3) is 0.417. The van der Waals surface area contributed by atoms with Gasteiger partial charge in [0.2, 0.25) is 0 Å². The highest BCUT2D eigenvalue weighted by Gasteiger charge is 2.27. The predicted octanol–water partition coefficient (Wildman–Crippen LogP) is 2.02. The van der Waals surface area contributed by atoms with Gasteiger partial charge >= 0.3 is 0 Å². The highest BCUT2D eigenvalue weighted by molar-refractivity contribution is 6.34. The summed E-state index contributed by atoms with van der Waals surface area (Å²) in [5.41, 5.74) is 2.09. The number of nitro benzene ring substituents is 1. The van der Waals surface area contributed by atoms with Crippen LogP contribution in [-0.2, 0) is 0 Å². The third-order valence-corrected chi connectivity index (χ3v) is 3.67. The van der Waals surface area contributed by atoms with E-state index in [4.69, 9.17) is 17.4 Å². The van der Waals surface area contributed by atoms with Gasteiger partial charge in [0.15, 0.2) is 0 Å². The second-order valence-corrected chi connectivity index (χ2v) is 5.31. The van der Waals surface area contributed by atoms with Crippen LogP contribution in [-0.4, -0.2) is 28.8 Å². The van der Waals surface area contributed by atoms with E-state index in [1.165, 1.54) is 12.1 Å². The van der Waals surface area contributed by atoms with Crippen molar-refractivity contribution in [2.24, 2.45) is 11.8 Å². The van der Waals surface area contributed by atoms with E-state index in [9.17, 15) is 14.9 Å². The number of nitro groups is 1. The lowest BCUT2D eigenvalue weighted by molar-refractivity contribution is -0.384. The number of nitrogens with zero attached hydrogens (tertiary/aromatic N) is 2. The van der Waals surface area contributed by atoms with Gasteiger partial charge in [-0.25, -0.2) is 0 Å². The zero-order valence-corrected chi connectivity index (χ0v) is 11.7. The van der Waals surface area contributed by atoms with Crippen LogP contribution >= 0.6 is 11.6 Å². The van der Waals surface area contributed by atoms with Crippen LogP contribution < -0.4 is 11.3 Å². The zero-order chi connectivity index (χ0) is 14.9. The Labute approximate surface area is 120 Å². The Bertz CT molecular complexity index is 564. The molecule has 1 aromatic carbocycles. The maximum atomic E-state index is 12.3. The van der Waals surface area contributed by atoms with Crippen molar-refractivity contribution >= 4 is 28.9 Å². The van der Waals surface area contributed by atoms with Crippen molar-refractivity contribution in [1.29, 1.82) is 0 Å². The number of nitrogens with one attached hydrogen (secondary N) is 1. The van der Waals surface area contributed by atoms with Crippen molar-refractivity contribution in [1.82, 2.24) is 4.90 Å². The van der Waals surface area contributed by atoms with E-state index in [1.54, 1.807) is 4.90 Å². The standard InChI is InChI=1S/C12H15ClN4O3/c1-7-2-3-16(6-7)12(18)8-4-9(13)11(15-14)10(5-8)17(19)20/h4-5,7,15H,2-3,6,14H2,1H3. The van der Waals surface area contributed by atoms with Gasteiger partial charge in [0.1, 0.15) is 5.69 Å². The fourth-order valence-electron chi connectivity index (χ4n) is 2.30. The number of amides is 1. The zero-order valence-electron chi connectivity index (χ0n) is 10.9. The Balaban J connectivity index is 2.37. The molecule has 0 aliphatic carbocycles. The van der Waals surface area contributed by atoms with Crippen LogP contribution in [0.1, 0.15) is 23.7 Å². The summed E-state index contributed by atoms with van der Waals surface area (Å²) in [6.07, 6.45) is 0.935. The number of likely N-dealkylation sites (tertiary alicyclic amines) is 1. The van der Waals surface area contributed by atoms with Gasteiger partial charge in [-0.3, -0.25) is 20.8 Å². The Kier molecular flexibility index (Phi) is 4.10. The largest absolute Gasteiger partial charge is 0.338 e. The first-order chi connectivity index (χ1) is 9.43. The number of carbonyl (C=O) groups is 1. The molecule has 1 unspecified atom stereocenters. The molecule has 7 nitrogen and oxygen atoms in total. The SMILES string of the molecule is CC1CCN(C(=O)c2cc(Cl)c(NN)c([N+](=O)[O-])c2)C1. The topological polar surface area (TPSA) is 102 Å². The second kappa shape index (κ2) is 5.64.